The molecule has 9 heteroatoms. The third-order valence-electron chi connectivity index (χ3n) is 2.70. The third-order valence-corrected chi connectivity index (χ3v) is 4.14. The zero-order chi connectivity index (χ0) is 16.0. The van der Waals surface area contributed by atoms with Crippen molar-refractivity contribution in [2.45, 2.75) is 24.2 Å². The molecule has 0 aliphatic rings. The molecule has 0 unspecified atom stereocenters. The number of rotatable bonds is 8. The SMILES string of the molecule is COc1c(N)cc(S(=O)(=O)NCCCCC(N)=O)cc1F. The highest BCUT2D eigenvalue weighted by atomic mass is 32.2. The average molecular weight is 319 g/mol. The van der Waals surface area contributed by atoms with Gasteiger partial charge in [0.2, 0.25) is 15.9 Å². The first-order valence-electron chi connectivity index (χ1n) is 6.19. The number of carbonyl (C=O) groups is 1. The molecule has 1 aromatic rings. The number of nitrogens with one attached hydrogen (secondary N) is 1. The fourth-order valence-corrected chi connectivity index (χ4v) is 2.79. The third kappa shape index (κ3) is 4.87. The van der Waals surface area contributed by atoms with Gasteiger partial charge in [-0.25, -0.2) is 17.5 Å². The minimum Gasteiger partial charge on any atom is -0.492 e. The van der Waals surface area contributed by atoms with Crippen molar-refractivity contribution >= 4 is 21.6 Å². The summed E-state index contributed by atoms with van der Waals surface area (Å²) in [6.07, 6.45) is 1.10. The second-order valence-electron chi connectivity index (χ2n) is 4.35. The van der Waals surface area contributed by atoms with Crippen molar-refractivity contribution in [2.75, 3.05) is 19.4 Å². The van der Waals surface area contributed by atoms with E-state index in [1.807, 2.05) is 0 Å². The number of amides is 1. The van der Waals surface area contributed by atoms with Gasteiger partial charge in [-0.2, -0.15) is 0 Å². The van der Waals surface area contributed by atoms with Crippen molar-refractivity contribution < 1.29 is 22.3 Å². The summed E-state index contributed by atoms with van der Waals surface area (Å²) in [5, 5.41) is 0. The largest absolute Gasteiger partial charge is 0.492 e. The second-order valence-corrected chi connectivity index (χ2v) is 6.12. The topological polar surface area (TPSA) is 125 Å². The lowest BCUT2D eigenvalue weighted by Crippen LogP contribution is -2.25. The summed E-state index contributed by atoms with van der Waals surface area (Å²) < 4.78 is 44.6. The molecule has 7 nitrogen and oxygen atoms in total. The van der Waals surface area contributed by atoms with Gasteiger partial charge in [-0.15, -0.1) is 0 Å². The summed E-state index contributed by atoms with van der Waals surface area (Å²) in [5.41, 5.74) is 10.4. The Kier molecular flexibility index (Phi) is 5.91. The van der Waals surface area contributed by atoms with Crippen LogP contribution >= 0.6 is 0 Å². The zero-order valence-electron chi connectivity index (χ0n) is 11.6. The van der Waals surface area contributed by atoms with Gasteiger partial charge in [0.25, 0.3) is 0 Å². The first kappa shape index (κ1) is 17.2. The van der Waals surface area contributed by atoms with Crippen molar-refractivity contribution in [3.8, 4) is 5.75 Å². The summed E-state index contributed by atoms with van der Waals surface area (Å²) in [6, 6.07) is 1.95. The van der Waals surface area contributed by atoms with E-state index in [9.17, 15) is 17.6 Å². The van der Waals surface area contributed by atoms with Crippen molar-refractivity contribution in [2.24, 2.45) is 5.73 Å². The standard InChI is InChI=1S/C12H18FN3O4S/c1-20-12-9(13)6-8(7-10(12)14)21(18,19)16-5-3-2-4-11(15)17/h6-7,16H,2-5,14H2,1H3,(H2,15,17). The number of primary amides is 1. The number of hydrogen-bond acceptors (Lipinski definition) is 5. The van der Waals surface area contributed by atoms with Crippen LogP contribution in [0.4, 0.5) is 10.1 Å². The van der Waals surface area contributed by atoms with E-state index in [-0.39, 0.29) is 29.3 Å². The number of nitrogen functional groups attached to an aromatic ring is 1. The summed E-state index contributed by atoms with van der Waals surface area (Å²) in [5.74, 6) is -1.50. The van der Waals surface area contributed by atoms with Crippen LogP contribution in [0.25, 0.3) is 0 Å². The molecule has 1 amide bonds. The number of ether oxygens (including phenoxy) is 1. The van der Waals surface area contributed by atoms with E-state index in [0.717, 1.165) is 12.1 Å². The van der Waals surface area contributed by atoms with Crippen LogP contribution in [0.1, 0.15) is 19.3 Å². The Bertz CT molecular complexity index is 596. The number of benzene rings is 1. The van der Waals surface area contributed by atoms with E-state index in [4.69, 9.17) is 16.2 Å². The van der Waals surface area contributed by atoms with Gasteiger partial charge in [0, 0.05) is 13.0 Å². The van der Waals surface area contributed by atoms with Crippen molar-refractivity contribution in [1.29, 1.82) is 0 Å². The Morgan fingerprint density at radius 1 is 1.38 bits per heavy atom. The van der Waals surface area contributed by atoms with Gasteiger partial charge in [-0.3, -0.25) is 4.79 Å². The quantitative estimate of drug-likeness (QED) is 0.471. The molecule has 0 heterocycles. The second kappa shape index (κ2) is 7.23. The van der Waals surface area contributed by atoms with Crippen LogP contribution < -0.4 is 20.9 Å². The fraction of sp³-hybridized carbons (Fsp3) is 0.417. The van der Waals surface area contributed by atoms with Crippen LogP contribution in [0.3, 0.4) is 0 Å². The lowest BCUT2D eigenvalue weighted by Gasteiger charge is -2.10. The van der Waals surface area contributed by atoms with E-state index in [0.29, 0.717) is 12.8 Å². The van der Waals surface area contributed by atoms with Gasteiger partial charge in [-0.05, 0) is 25.0 Å². The lowest BCUT2D eigenvalue weighted by molar-refractivity contribution is -0.118. The lowest BCUT2D eigenvalue weighted by atomic mass is 10.2. The van der Waals surface area contributed by atoms with Crippen LogP contribution in [-0.2, 0) is 14.8 Å². The number of methoxy groups -OCH3 is 1. The van der Waals surface area contributed by atoms with Crippen LogP contribution in [-0.4, -0.2) is 28.0 Å². The number of anilines is 1. The molecule has 1 rings (SSSR count). The smallest absolute Gasteiger partial charge is 0.240 e. The molecule has 0 radical (unpaired) electrons. The molecule has 0 spiro atoms. The Hall–Kier alpha value is -1.87. The highest BCUT2D eigenvalue weighted by Gasteiger charge is 2.18. The maximum atomic E-state index is 13.6. The highest BCUT2D eigenvalue weighted by Crippen LogP contribution is 2.28. The molecule has 0 aliphatic heterocycles. The van der Waals surface area contributed by atoms with Gasteiger partial charge >= 0.3 is 0 Å². The van der Waals surface area contributed by atoms with Crippen molar-refractivity contribution in [3.63, 3.8) is 0 Å². The van der Waals surface area contributed by atoms with E-state index >= 15 is 0 Å². The Balaban J connectivity index is 2.73. The first-order valence-corrected chi connectivity index (χ1v) is 7.67. The number of carbonyl (C=O) groups excluding carboxylic acids is 1. The molecule has 0 atom stereocenters. The van der Waals surface area contributed by atoms with E-state index in [1.165, 1.54) is 7.11 Å². The molecular formula is C12H18FN3O4S. The molecular weight excluding hydrogens is 301 g/mol. The van der Waals surface area contributed by atoms with E-state index in [2.05, 4.69) is 4.72 Å². The van der Waals surface area contributed by atoms with Crippen LogP contribution in [0.5, 0.6) is 5.75 Å². The Morgan fingerprint density at radius 3 is 2.57 bits per heavy atom. The summed E-state index contributed by atoms with van der Waals surface area (Å²) in [6.45, 7) is 0.114. The summed E-state index contributed by atoms with van der Waals surface area (Å²) >= 11 is 0. The van der Waals surface area contributed by atoms with Gasteiger partial charge in [0.15, 0.2) is 11.6 Å². The predicted molar refractivity (Wildman–Crippen MR) is 75.6 cm³/mol. The normalized spacial score (nSPS) is 11.3. The maximum Gasteiger partial charge on any atom is 0.240 e. The molecule has 1 aromatic carbocycles. The zero-order valence-corrected chi connectivity index (χ0v) is 12.4. The molecule has 5 N–H and O–H groups in total. The number of hydrogen-bond donors (Lipinski definition) is 3. The predicted octanol–water partition coefficient (Wildman–Crippen LogP) is 0.350. The van der Waals surface area contributed by atoms with E-state index < -0.39 is 21.7 Å². The Morgan fingerprint density at radius 2 is 2.05 bits per heavy atom. The van der Waals surface area contributed by atoms with Gasteiger partial charge < -0.3 is 16.2 Å². The molecule has 0 fully saturated rings. The molecule has 0 saturated heterocycles. The van der Waals surface area contributed by atoms with Crippen LogP contribution in [0.2, 0.25) is 0 Å². The van der Waals surface area contributed by atoms with Crippen LogP contribution in [0.15, 0.2) is 17.0 Å². The summed E-state index contributed by atoms with van der Waals surface area (Å²) in [7, 11) is -2.64. The number of nitrogens with two attached hydrogens (primary N) is 2. The minimum absolute atomic E-state index is 0.105. The fourth-order valence-electron chi connectivity index (χ4n) is 1.67. The molecule has 0 aromatic heterocycles. The van der Waals surface area contributed by atoms with Crippen LogP contribution in [0, 0.1) is 5.82 Å². The number of sulfonamides is 1. The number of unbranched alkanes of at least 4 members (excludes halogenated alkanes) is 1. The summed E-state index contributed by atoms with van der Waals surface area (Å²) in [4.78, 5) is 10.2. The molecule has 0 saturated carbocycles. The minimum atomic E-state index is -3.87. The van der Waals surface area contributed by atoms with E-state index in [1.54, 1.807) is 0 Å². The molecule has 21 heavy (non-hydrogen) atoms. The van der Waals surface area contributed by atoms with Gasteiger partial charge in [0.1, 0.15) is 0 Å². The van der Waals surface area contributed by atoms with Gasteiger partial charge in [0.05, 0.1) is 17.7 Å². The molecule has 0 bridgehead atoms. The Labute approximate surface area is 122 Å². The van der Waals surface area contributed by atoms with Crippen molar-refractivity contribution in [3.05, 3.63) is 17.9 Å². The first-order chi connectivity index (χ1) is 9.77. The average Bonchev–Trinajstić information content (AvgIpc) is 2.37. The van der Waals surface area contributed by atoms with Gasteiger partial charge in [-0.1, -0.05) is 0 Å². The molecule has 118 valence electrons. The monoisotopic (exact) mass is 319 g/mol. The van der Waals surface area contributed by atoms with Crippen molar-refractivity contribution in [1.82, 2.24) is 4.72 Å². The highest BCUT2D eigenvalue weighted by molar-refractivity contribution is 7.89. The number of halogens is 1. The molecule has 0 aliphatic carbocycles. The maximum absolute atomic E-state index is 13.6.